The van der Waals surface area contributed by atoms with E-state index in [0.29, 0.717) is 19.3 Å². The molecule has 0 aromatic rings. The summed E-state index contributed by atoms with van der Waals surface area (Å²) >= 11 is 0. The van der Waals surface area contributed by atoms with Gasteiger partial charge in [-0.2, -0.15) is 0 Å². The van der Waals surface area contributed by atoms with E-state index in [-0.39, 0.29) is 6.03 Å². The molecular formula is C11H20N2O2. The summed E-state index contributed by atoms with van der Waals surface area (Å²) in [5.74, 6) is 0. The number of ether oxygens (including phenoxy) is 1. The second-order valence-corrected chi connectivity index (χ2v) is 4.38. The fourth-order valence-corrected chi connectivity index (χ4v) is 2.28. The average Bonchev–Trinajstić information content (AvgIpc) is 2.31. The largest absolute Gasteiger partial charge is 0.378 e. The first-order chi connectivity index (χ1) is 7.36. The highest BCUT2D eigenvalue weighted by atomic mass is 16.5. The van der Waals surface area contributed by atoms with Crippen molar-refractivity contribution >= 4 is 6.03 Å². The number of nitrogens with zero attached hydrogens (tertiary/aromatic N) is 1. The third-order valence-corrected chi connectivity index (χ3v) is 3.23. The number of nitrogens with one attached hydrogen (secondary N) is 1. The number of morpholine rings is 1. The molecule has 2 aliphatic rings. The second-order valence-electron chi connectivity index (χ2n) is 4.38. The van der Waals surface area contributed by atoms with Crippen molar-refractivity contribution in [2.24, 2.45) is 0 Å². The molecule has 0 aromatic carbocycles. The number of carbonyl (C=O) groups excluding carboxylic acids is 1. The molecule has 1 N–H and O–H groups in total. The van der Waals surface area contributed by atoms with Gasteiger partial charge in [0.2, 0.25) is 0 Å². The van der Waals surface area contributed by atoms with Gasteiger partial charge in [0.1, 0.15) is 0 Å². The Morgan fingerprint density at radius 3 is 2.47 bits per heavy atom. The van der Waals surface area contributed by atoms with Gasteiger partial charge in [-0.05, 0) is 12.8 Å². The van der Waals surface area contributed by atoms with Crippen molar-refractivity contribution in [1.29, 1.82) is 0 Å². The minimum absolute atomic E-state index is 0.102. The number of carbonyl (C=O) groups is 1. The lowest BCUT2D eigenvalue weighted by Crippen LogP contribution is -2.49. The lowest BCUT2D eigenvalue weighted by atomic mass is 9.96. The molecular weight excluding hydrogens is 193 g/mol. The SMILES string of the molecule is O=C(NC1CCCCC1)N1CCOC[13CH2]1. The van der Waals surface area contributed by atoms with Crippen molar-refractivity contribution in [3.05, 3.63) is 0 Å². The molecule has 0 radical (unpaired) electrons. The molecule has 0 unspecified atom stereocenters. The van der Waals surface area contributed by atoms with E-state index in [1.165, 1.54) is 19.3 Å². The van der Waals surface area contributed by atoms with Crippen molar-refractivity contribution in [2.75, 3.05) is 26.3 Å². The summed E-state index contributed by atoms with van der Waals surface area (Å²) < 4.78 is 5.22. The predicted molar refractivity (Wildman–Crippen MR) is 57.8 cm³/mol. The van der Waals surface area contributed by atoms with Crippen LogP contribution in [0, 0.1) is 0 Å². The van der Waals surface area contributed by atoms with Gasteiger partial charge in [-0.25, -0.2) is 4.79 Å². The van der Waals surface area contributed by atoms with E-state index in [1.807, 2.05) is 4.90 Å². The third-order valence-electron chi connectivity index (χ3n) is 3.23. The molecule has 1 saturated carbocycles. The van der Waals surface area contributed by atoms with Crippen molar-refractivity contribution < 1.29 is 9.53 Å². The molecule has 1 saturated heterocycles. The van der Waals surface area contributed by atoms with Crippen molar-refractivity contribution in [3.8, 4) is 0 Å². The van der Waals surface area contributed by atoms with E-state index in [9.17, 15) is 4.79 Å². The van der Waals surface area contributed by atoms with Crippen LogP contribution in [0.5, 0.6) is 0 Å². The van der Waals surface area contributed by atoms with Crippen LogP contribution in [-0.2, 0) is 4.74 Å². The Morgan fingerprint density at radius 1 is 1.13 bits per heavy atom. The molecule has 2 fully saturated rings. The first kappa shape index (κ1) is 10.7. The normalized spacial score (nSPS) is 23.9. The molecule has 15 heavy (non-hydrogen) atoms. The van der Waals surface area contributed by atoms with E-state index >= 15 is 0 Å². The molecule has 1 aliphatic carbocycles. The lowest BCUT2D eigenvalue weighted by Gasteiger charge is -2.30. The topological polar surface area (TPSA) is 41.6 Å². The van der Waals surface area contributed by atoms with Crippen LogP contribution >= 0.6 is 0 Å². The van der Waals surface area contributed by atoms with Gasteiger partial charge in [0.05, 0.1) is 13.2 Å². The van der Waals surface area contributed by atoms with Crippen molar-refractivity contribution in [2.45, 2.75) is 38.1 Å². The van der Waals surface area contributed by atoms with Crippen LogP contribution in [0.4, 0.5) is 4.79 Å². The zero-order valence-electron chi connectivity index (χ0n) is 9.21. The van der Waals surface area contributed by atoms with E-state index in [0.717, 1.165) is 25.9 Å². The molecule has 4 heteroatoms. The zero-order chi connectivity index (χ0) is 10.5. The Hall–Kier alpha value is -0.770. The van der Waals surface area contributed by atoms with E-state index < -0.39 is 0 Å². The third kappa shape index (κ3) is 3.09. The Labute approximate surface area is 91.0 Å². The van der Waals surface area contributed by atoms with Crippen LogP contribution in [0.2, 0.25) is 0 Å². The van der Waals surface area contributed by atoms with Crippen LogP contribution in [-0.4, -0.2) is 43.3 Å². The van der Waals surface area contributed by atoms with Crippen LogP contribution in [0.25, 0.3) is 0 Å². The molecule has 4 nitrogen and oxygen atoms in total. The molecule has 1 aliphatic heterocycles. The summed E-state index contributed by atoms with van der Waals surface area (Å²) in [5, 5.41) is 3.12. The van der Waals surface area contributed by atoms with Crippen LogP contribution in [0.1, 0.15) is 32.1 Å². The summed E-state index contributed by atoms with van der Waals surface area (Å²) in [4.78, 5) is 13.7. The Bertz CT molecular complexity index is 209. The van der Waals surface area contributed by atoms with Crippen LogP contribution < -0.4 is 5.32 Å². The summed E-state index contributed by atoms with van der Waals surface area (Å²) in [7, 11) is 0. The summed E-state index contributed by atoms with van der Waals surface area (Å²) in [6.07, 6.45) is 6.14. The maximum atomic E-state index is 11.8. The summed E-state index contributed by atoms with van der Waals surface area (Å²) in [6.45, 7) is 2.83. The summed E-state index contributed by atoms with van der Waals surface area (Å²) in [6, 6.07) is 0.513. The standard InChI is InChI=1S/C11H20N2O2/c14-11(13-6-8-15-9-7-13)12-10-4-2-1-3-5-10/h10H,1-9H2,(H,12,14)/i6+1. The lowest BCUT2D eigenvalue weighted by molar-refractivity contribution is 0.0521. The average molecular weight is 213 g/mol. The van der Waals surface area contributed by atoms with Crippen molar-refractivity contribution in [1.82, 2.24) is 10.2 Å². The first-order valence-electron chi connectivity index (χ1n) is 5.99. The number of rotatable bonds is 1. The van der Waals surface area contributed by atoms with Crippen LogP contribution in [0.15, 0.2) is 0 Å². The van der Waals surface area contributed by atoms with E-state index in [4.69, 9.17) is 4.74 Å². The van der Waals surface area contributed by atoms with Gasteiger partial charge in [-0.3, -0.25) is 0 Å². The molecule has 2 amide bonds. The minimum Gasteiger partial charge on any atom is -0.378 e. The van der Waals surface area contributed by atoms with Gasteiger partial charge in [0.15, 0.2) is 0 Å². The van der Waals surface area contributed by atoms with Gasteiger partial charge in [0, 0.05) is 19.1 Å². The summed E-state index contributed by atoms with van der Waals surface area (Å²) in [5.41, 5.74) is 0. The van der Waals surface area contributed by atoms with Gasteiger partial charge >= 0.3 is 6.03 Å². The Balaban J connectivity index is 1.74. The van der Waals surface area contributed by atoms with Gasteiger partial charge in [-0.15, -0.1) is 0 Å². The molecule has 0 atom stereocenters. The highest BCUT2D eigenvalue weighted by Gasteiger charge is 2.21. The predicted octanol–water partition coefficient (Wildman–Crippen LogP) is 1.36. The molecule has 2 rings (SSSR count). The Kier molecular flexibility index (Phi) is 3.83. The molecule has 0 spiro atoms. The second kappa shape index (κ2) is 5.35. The molecule has 0 bridgehead atoms. The Morgan fingerprint density at radius 2 is 1.80 bits per heavy atom. The van der Waals surface area contributed by atoms with Crippen LogP contribution in [0.3, 0.4) is 0 Å². The van der Waals surface area contributed by atoms with Gasteiger partial charge in [0.25, 0.3) is 0 Å². The van der Waals surface area contributed by atoms with Gasteiger partial charge < -0.3 is 15.0 Å². The fraction of sp³-hybridized carbons (Fsp3) is 0.909. The minimum atomic E-state index is 0.102. The number of hydrogen-bond donors (Lipinski definition) is 1. The monoisotopic (exact) mass is 213 g/mol. The van der Waals surface area contributed by atoms with E-state index in [1.54, 1.807) is 0 Å². The maximum Gasteiger partial charge on any atom is 0.317 e. The first-order valence-corrected chi connectivity index (χ1v) is 5.99. The molecule has 86 valence electrons. The quantitative estimate of drug-likeness (QED) is 0.668. The molecule has 1 heterocycles. The highest BCUT2D eigenvalue weighted by molar-refractivity contribution is 5.74. The van der Waals surface area contributed by atoms with Gasteiger partial charge in [-0.1, -0.05) is 19.3 Å². The van der Waals surface area contributed by atoms with E-state index in [2.05, 4.69) is 5.32 Å². The fourth-order valence-electron chi connectivity index (χ4n) is 2.28. The highest BCUT2D eigenvalue weighted by Crippen LogP contribution is 2.17. The number of urea groups is 1. The number of amides is 2. The number of hydrogen-bond acceptors (Lipinski definition) is 2. The van der Waals surface area contributed by atoms with Crippen molar-refractivity contribution in [3.63, 3.8) is 0 Å². The molecule has 0 aromatic heterocycles. The smallest absolute Gasteiger partial charge is 0.317 e. The maximum absolute atomic E-state index is 11.8. The zero-order valence-corrected chi connectivity index (χ0v) is 9.21.